The van der Waals surface area contributed by atoms with Crippen LogP contribution in [0.1, 0.15) is 41.3 Å². The first-order valence-electron chi connectivity index (χ1n) is 6.59. The van der Waals surface area contributed by atoms with E-state index in [1.807, 2.05) is 0 Å². The Morgan fingerprint density at radius 2 is 2.18 bits per heavy atom. The molecule has 94 valence electrons. The zero-order valence-corrected chi connectivity index (χ0v) is 11.5. The van der Waals surface area contributed by atoms with Crippen molar-refractivity contribution in [2.45, 2.75) is 51.1 Å². The van der Waals surface area contributed by atoms with Crippen LogP contribution in [-0.4, -0.2) is 29.0 Å². The molecule has 2 fully saturated rings. The number of piperidine rings is 1. The zero-order valence-electron chi connectivity index (χ0n) is 10.7. The van der Waals surface area contributed by atoms with Crippen LogP contribution in [0.2, 0.25) is 0 Å². The van der Waals surface area contributed by atoms with Gasteiger partial charge in [0.15, 0.2) is 0 Å². The fourth-order valence-electron chi connectivity index (χ4n) is 3.26. The number of hydrogen-bond acceptors (Lipinski definition) is 4. The van der Waals surface area contributed by atoms with Crippen molar-refractivity contribution in [3.05, 3.63) is 15.6 Å². The maximum absolute atomic E-state index is 6.72. The third-order valence-corrected chi connectivity index (χ3v) is 5.71. The van der Waals surface area contributed by atoms with Crippen LogP contribution in [0.4, 0.5) is 0 Å². The van der Waals surface area contributed by atoms with Crippen molar-refractivity contribution >= 4 is 11.3 Å². The van der Waals surface area contributed by atoms with Gasteiger partial charge in [-0.15, -0.1) is 11.3 Å². The van der Waals surface area contributed by atoms with Crippen molar-refractivity contribution < 1.29 is 0 Å². The van der Waals surface area contributed by atoms with Crippen LogP contribution < -0.4 is 5.73 Å². The quantitative estimate of drug-likeness (QED) is 0.832. The Hall–Kier alpha value is -0.450. The van der Waals surface area contributed by atoms with E-state index in [1.165, 1.54) is 35.7 Å². The Morgan fingerprint density at radius 1 is 1.35 bits per heavy atom. The van der Waals surface area contributed by atoms with Crippen molar-refractivity contribution in [3.63, 3.8) is 0 Å². The van der Waals surface area contributed by atoms with Gasteiger partial charge in [-0.1, -0.05) is 6.42 Å². The molecule has 0 amide bonds. The monoisotopic (exact) mass is 251 g/mol. The largest absolute Gasteiger partial charge is 0.318 e. The van der Waals surface area contributed by atoms with E-state index in [9.17, 15) is 0 Å². The van der Waals surface area contributed by atoms with E-state index in [2.05, 4.69) is 18.7 Å². The molecule has 2 aliphatic heterocycles. The topological polar surface area (TPSA) is 42.1 Å². The third kappa shape index (κ3) is 1.74. The summed E-state index contributed by atoms with van der Waals surface area (Å²) in [6.07, 6.45) is 4.98. The molecule has 1 aromatic heterocycles. The fraction of sp³-hybridized carbons (Fsp3) is 0.769. The van der Waals surface area contributed by atoms with E-state index in [0.717, 1.165) is 18.7 Å². The van der Waals surface area contributed by atoms with Gasteiger partial charge in [0.25, 0.3) is 0 Å². The van der Waals surface area contributed by atoms with Crippen LogP contribution in [0.5, 0.6) is 0 Å². The summed E-state index contributed by atoms with van der Waals surface area (Å²) < 4.78 is 0. The molecule has 2 atom stereocenters. The van der Waals surface area contributed by atoms with Gasteiger partial charge in [-0.2, -0.15) is 0 Å². The highest BCUT2D eigenvalue weighted by Crippen LogP contribution is 2.41. The molecule has 2 unspecified atom stereocenters. The van der Waals surface area contributed by atoms with Gasteiger partial charge in [0.1, 0.15) is 5.01 Å². The highest BCUT2D eigenvalue weighted by atomic mass is 32.1. The van der Waals surface area contributed by atoms with E-state index in [1.54, 1.807) is 11.3 Å². The van der Waals surface area contributed by atoms with Crippen molar-refractivity contribution in [3.8, 4) is 0 Å². The SMILES string of the molecule is Cc1nc(C2(N)CCN3CCCCC32)sc1C. The van der Waals surface area contributed by atoms with Gasteiger partial charge in [-0.25, -0.2) is 4.98 Å². The fourth-order valence-corrected chi connectivity index (χ4v) is 4.35. The molecule has 3 rings (SSSR count). The van der Waals surface area contributed by atoms with Crippen LogP contribution in [0, 0.1) is 13.8 Å². The summed E-state index contributed by atoms with van der Waals surface area (Å²) in [5.74, 6) is 0. The van der Waals surface area contributed by atoms with E-state index in [4.69, 9.17) is 10.7 Å². The molecule has 17 heavy (non-hydrogen) atoms. The summed E-state index contributed by atoms with van der Waals surface area (Å²) in [5.41, 5.74) is 7.70. The lowest BCUT2D eigenvalue weighted by Crippen LogP contribution is -2.50. The molecule has 3 heterocycles. The number of thiazole rings is 1. The van der Waals surface area contributed by atoms with Gasteiger partial charge in [-0.05, 0) is 39.7 Å². The molecule has 3 nitrogen and oxygen atoms in total. The van der Waals surface area contributed by atoms with Gasteiger partial charge in [0.05, 0.1) is 11.2 Å². The predicted molar refractivity (Wildman–Crippen MR) is 71.3 cm³/mol. The lowest BCUT2D eigenvalue weighted by Gasteiger charge is -2.37. The second-order valence-corrected chi connectivity index (χ2v) is 6.70. The van der Waals surface area contributed by atoms with Gasteiger partial charge < -0.3 is 5.73 Å². The normalized spacial score (nSPS) is 33.9. The van der Waals surface area contributed by atoms with Crippen LogP contribution in [0.3, 0.4) is 0 Å². The van der Waals surface area contributed by atoms with Crippen molar-refractivity contribution in [1.29, 1.82) is 0 Å². The average Bonchev–Trinajstić information content (AvgIpc) is 2.84. The van der Waals surface area contributed by atoms with E-state index >= 15 is 0 Å². The van der Waals surface area contributed by atoms with Gasteiger partial charge >= 0.3 is 0 Å². The maximum atomic E-state index is 6.72. The molecule has 0 aromatic carbocycles. The number of aromatic nitrogens is 1. The number of rotatable bonds is 1. The lowest BCUT2D eigenvalue weighted by atomic mass is 9.87. The molecule has 0 saturated carbocycles. The Balaban J connectivity index is 1.95. The Kier molecular flexibility index (Phi) is 2.76. The summed E-state index contributed by atoms with van der Waals surface area (Å²) >= 11 is 1.80. The predicted octanol–water partition coefficient (Wildman–Crippen LogP) is 2.17. The zero-order chi connectivity index (χ0) is 12.0. The minimum absolute atomic E-state index is 0.176. The molecule has 2 saturated heterocycles. The number of nitrogens with two attached hydrogens (primary N) is 1. The number of fused-ring (bicyclic) bond motifs is 1. The summed E-state index contributed by atoms with van der Waals surface area (Å²) in [5, 5.41) is 1.17. The molecule has 1 aromatic rings. The van der Waals surface area contributed by atoms with Crippen molar-refractivity contribution in [2.24, 2.45) is 5.73 Å². The van der Waals surface area contributed by atoms with Crippen LogP contribution in [0.15, 0.2) is 0 Å². The van der Waals surface area contributed by atoms with Gasteiger partial charge in [0, 0.05) is 17.5 Å². The molecule has 2 N–H and O–H groups in total. The number of nitrogens with zero attached hydrogens (tertiary/aromatic N) is 2. The second-order valence-electron chi connectivity index (χ2n) is 5.50. The number of aryl methyl sites for hydroxylation is 2. The lowest BCUT2D eigenvalue weighted by molar-refractivity contribution is 0.157. The minimum atomic E-state index is -0.176. The third-order valence-electron chi connectivity index (χ3n) is 4.45. The Morgan fingerprint density at radius 3 is 2.88 bits per heavy atom. The van der Waals surface area contributed by atoms with Gasteiger partial charge in [0.2, 0.25) is 0 Å². The van der Waals surface area contributed by atoms with Crippen molar-refractivity contribution in [1.82, 2.24) is 9.88 Å². The van der Waals surface area contributed by atoms with Crippen LogP contribution in [-0.2, 0) is 5.54 Å². The summed E-state index contributed by atoms with van der Waals surface area (Å²) in [6.45, 7) is 6.62. The second kappa shape index (κ2) is 4.04. The van der Waals surface area contributed by atoms with Crippen molar-refractivity contribution in [2.75, 3.05) is 13.1 Å². The number of hydrogen-bond donors (Lipinski definition) is 1. The molecular weight excluding hydrogens is 230 g/mol. The smallest absolute Gasteiger partial charge is 0.115 e. The molecule has 0 radical (unpaired) electrons. The van der Waals surface area contributed by atoms with E-state index in [-0.39, 0.29) is 5.54 Å². The first-order chi connectivity index (χ1) is 8.11. The minimum Gasteiger partial charge on any atom is -0.318 e. The molecule has 2 aliphatic rings. The molecular formula is C13H21N3S. The van der Waals surface area contributed by atoms with Crippen LogP contribution in [0.25, 0.3) is 0 Å². The summed E-state index contributed by atoms with van der Waals surface area (Å²) in [7, 11) is 0. The highest BCUT2D eigenvalue weighted by molar-refractivity contribution is 7.11. The molecule has 0 aliphatic carbocycles. The summed E-state index contributed by atoms with van der Waals surface area (Å²) in [4.78, 5) is 8.62. The van der Waals surface area contributed by atoms with E-state index < -0.39 is 0 Å². The molecule has 0 spiro atoms. The molecule has 0 bridgehead atoms. The van der Waals surface area contributed by atoms with E-state index in [0.29, 0.717) is 6.04 Å². The first-order valence-corrected chi connectivity index (χ1v) is 7.40. The molecule has 4 heteroatoms. The van der Waals surface area contributed by atoms with Gasteiger partial charge in [-0.3, -0.25) is 4.90 Å². The highest BCUT2D eigenvalue weighted by Gasteiger charge is 2.48. The van der Waals surface area contributed by atoms with Crippen LogP contribution >= 0.6 is 11.3 Å². The standard InChI is InChI=1S/C13H21N3S/c1-9-10(2)17-12(15-9)13(14)6-8-16-7-4-3-5-11(13)16/h11H,3-8,14H2,1-2H3. The maximum Gasteiger partial charge on any atom is 0.115 e. The average molecular weight is 251 g/mol. The summed E-state index contributed by atoms with van der Waals surface area (Å²) in [6, 6.07) is 0.529. The Bertz CT molecular complexity index is 409. The first kappa shape index (κ1) is 11.6. The Labute approximate surface area is 107 Å².